The van der Waals surface area contributed by atoms with Gasteiger partial charge >= 0.3 is 0 Å². The molecular formula is C15H19BrClN3O. The van der Waals surface area contributed by atoms with Gasteiger partial charge in [-0.05, 0) is 54.6 Å². The summed E-state index contributed by atoms with van der Waals surface area (Å²) in [6.45, 7) is 3.69. The van der Waals surface area contributed by atoms with Crippen molar-refractivity contribution in [3.63, 3.8) is 0 Å². The highest BCUT2D eigenvalue weighted by Gasteiger charge is 2.19. The zero-order valence-electron chi connectivity index (χ0n) is 12.1. The van der Waals surface area contributed by atoms with Gasteiger partial charge in [0.05, 0.1) is 11.5 Å². The fourth-order valence-corrected chi connectivity index (χ4v) is 3.32. The number of hydrogen-bond donors (Lipinski definition) is 0. The molecule has 6 heteroatoms. The summed E-state index contributed by atoms with van der Waals surface area (Å²) < 4.78 is 8.88. The number of aromatic nitrogens is 3. The van der Waals surface area contributed by atoms with Gasteiger partial charge in [0.15, 0.2) is 5.65 Å². The molecule has 3 rings (SSSR count). The molecule has 0 aromatic carbocycles. The van der Waals surface area contributed by atoms with E-state index in [-0.39, 0.29) is 5.38 Å². The predicted octanol–water partition coefficient (Wildman–Crippen LogP) is 4.45. The summed E-state index contributed by atoms with van der Waals surface area (Å²) in [5.74, 6) is 0.882. The third-order valence-corrected chi connectivity index (χ3v) is 4.51. The highest BCUT2D eigenvalue weighted by molar-refractivity contribution is 9.10. The van der Waals surface area contributed by atoms with Crippen LogP contribution in [0.4, 0.5) is 0 Å². The molecule has 2 atom stereocenters. The van der Waals surface area contributed by atoms with Crippen LogP contribution in [-0.4, -0.2) is 27.2 Å². The number of alkyl halides is 1. The maximum absolute atomic E-state index is 6.29. The van der Waals surface area contributed by atoms with E-state index in [1.54, 1.807) is 6.20 Å². The summed E-state index contributed by atoms with van der Waals surface area (Å²) in [4.78, 5) is 9.14. The van der Waals surface area contributed by atoms with Crippen molar-refractivity contribution in [1.29, 1.82) is 0 Å². The molecule has 0 spiro atoms. The van der Waals surface area contributed by atoms with E-state index in [1.807, 2.05) is 13.0 Å². The highest BCUT2D eigenvalue weighted by Crippen LogP contribution is 2.26. The molecular weight excluding hydrogens is 354 g/mol. The summed E-state index contributed by atoms with van der Waals surface area (Å²) in [6, 6.07) is 1.98. The van der Waals surface area contributed by atoms with Gasteiger partial charge in [0.1, 0.15) is 11.3 Å². The molecule has 0 aliphatic carbocycles. The van der Waals surface area contributed by atoms with Crippen LogP contribution in [0.1, 0.15) is 43.8 Å². The van der Waals surface area contributed by atoms with Crippen LogP contribution in [0.15, 0.2) is 16.7 Å². The molecule has 1 fully saturated rings. The van der Waals surface area contributed by atoms with Gasteiger partial charge in [-0.2, -0.15) is 0 Å². The Balaban J connectivity index is 1.86. The molecule has 21 heavy (non-hydrogen) atoms. The van der Waals surface area contributed by atoms with Crippen LogP contribution in [-0.2, 0) is 11.3 Å². The van der Waals surface area contributed by atoms with Crippen LogP contribution in [0.3, 0.4) is 0 Å². The summed E-state index contributed by atoms with van der Waals surface area (Å²) in [7, 11) is 0. The zero-order chi connectivity index (χ0) is 14.8. The lowest BCUT2D eigenvalue weighted by molar-refractivity contribution is 0.00884. The lowest BCUT2D eigenvalue weighted by Crippen LogP contribution is -2.21. The lowest BCUT2D eigenvalue weighted by atomic mass is 10.1. The number of nitrogens with zero attached hydrogens (tertiary/aromatic N) is 3. The van der Waals surface area contributed by atoms with Crippen molar-refractivity contribution in [2.24, 2.45) is 0 Å². The van der Waals surface area contributed by atoms with Crippen LogP contribution < -0.4 is 0 Å². The fourth-order valence-electron chi connectivity index (χ4n) is 2.84. The van der Waals surface area contributed by atoms with Crippen molar-refractivity contribution < 1.29 is 4.74 Å². The smallest absolute Gasteiger partial charge is 0.160 e. The number of imidazole rings is 1. The molecule has 0 saturated carbocycles. The predicted molar refractivity (Wildman–Crippen MR) is 87.7 cm³/mol. The van der Waals surface area contributed by atoms with Crippen molar-refractivity contribution in [3.05, 3.63) is 22.6 Å². The molecule has 0 N–H and O–H groups in total. The zero-order valence-corrected chi connectivity index (χ0v) is 14.4. The molecule has 114 valence electrons. The van der Waals surface area contributed by atoms with Crippen LogP contribution >= 0.6 is 27.5 Å². The van der Waals surface area contributed by atoms with E-state index >= 15 is 0 Å². The Hall–Kier alpha value is -0.650. The quantitative estimate of drug-likeness (QED) is 0.744. The Labute approximate surface area is 138 Å². The standard InChI is InChI=1S/C15H19BrClN3O/c1-10(17)14-19-13-8-11(16)9-18-15(13)20(14)6-5-12-4-2-3-7-21-12/h8-10,12H,2-7H2,1H3. The second-order valence-corrected chi connectivity index (χ2v) is 7.08. The largest absolute Gasteiger partial charge is 0.378 e. The first-order valence-corrected chi connectivity index (χ1v) is 8.65. The molecule has 0 amide bonds. The average Bonchev–Trinajstić information content (AvgIpc) is 2.84. The number of aryl methyl sites for hydroxylation is 1. The van der Waals surface area contributed by atoms with E-state index in [1.165, 1.54) is 12.8 Å². The molecule has 2 aromatic heterocycles. The van der Waals surface area contributed by atoms with Crippen LogP contribution in [0.2, 0.25) is 0 Å². The second-order valence-electron chi connectivity index (χ2n) is 5.51. The maximum Gasteiger partial charge on any atom is 0.160 e. The third-order valence-electron chi connectivity index (χ3n) is 3.89. The Bertz CT molecular complexity index is 623. The van der Waals surface area contributed by atoms with E-state index in [0.717, 1.165) is 47.5 Å². The molecule has 2 unspecified atom stereocenters. The van der Waals surface area contributed by atoms with E-state index in [9.17, 15) is 0 Å². The van der Waals surface area contributed by atoms with Crippen LogP contribution in [0.5, 0.6) is 0 Å². The highest BCUT2D eigenvalue weighted by atomic mass is 79.9. The van der Waals surface area contributed by atoms with Gasteiger partial charge in [-0.15, -0.1) is 11.6 Å². The van der Waals surface area contributed by atoms with Gasteiger partial charge < -0.3 is 9.30 Å². The molecule has 0 bridgehead atoms. The normalized spacial score (nSPS) is 20.8. The minimum absolute atomic E-state index is 0.134. The van der Waals surface area contributed by atoms with E-state index in [0.29, 0.717) is 6.10 Å². The Morgan fingerprint density at radius 3 is 3.10 bits per heavy atom. The van der Waals surface area contributed by atoms with Crippen molar-refractivity contribution in [3.8, 4) is 0 Å². The van der Waals surface area contributed by atoms with E-state index < -0.39 is 0 Å². The summed E-state index contributed by atoms with van der Waals surface area (Å²) in [6.07, 6.45) is 6.74. The van der Waals surface area contributed by atoms with Crippen LogP contribution in [0.25, 0.3) is 11.2 Å². The maximum atomic E-state index is 6.29. The first-order valence-electron chi connectivity index (χ1n) is 7.42. The molecule has 1 aliphatic rings. The van der Waals surface area contributed by atoms with Gasteiger partial charge in [-0.1, -0.05) is 0 Å². The number of rotatable bonds is 4. The molecule has 1 saturated heterocycles. The summed E-state index contributed by atoms with van der Waals surface area (Å²) >= 11 is 9.73. The fraction of sp³-hybridized carbons (Fsp3) is 0.600. The Morgan fingerprint density at radius 2 is 2.38 bits per heavy atom. The van der Waals surface area contributed by atoms with Gasteiger partial charge in [0.25, 0.3) is 0 Å². The Kier molecular flexibility index (Phi) is 4.82. The average molecular weight is 373 g/mol. The monoisotopic (exact) mass is 371 g/mol. The Morgan fingerprint density at radius 1 is 1.52 bits per heavy atom. The minimum Gasteiger partial charge on any atom is -0.378 e. The number of ether oxygens (including phenoxy) is 1. The topological polar surface area (TPSA) is 39.9 Å². The summed E-state index contributed by atoms with van der Waals surface area (Å²) in [5.41, 5.74) is 1.79. The van der Waals surface area contributed by atoms with Crippen LogP contribution in [0, 0.1) is 0 Å². The van der Waals surface area contributed by atoms with Crippen molar-refractivity contribution in [1.82, 2.24) is 14.5 Å². The van der Waals surface area contributed by atoms with E-state index in [4.69, 9.17) is 16.3 Å². The molecule has 0 radical (unpaired) electrons. The van der Waals surface area contributed by atoms with Gasteiger partial charge in [0, 0.05) is 23.8 Å². The number of fused-ring (bicyclic) bond motifs is 1. The number of pyridine rings is 1. The van der Waals surface area contributed by atoms with Crippen molar-refractivity contribution in [2.45, 2.75) is 50.6 Å². The molecule has 3 heterocycles. The van der Waals surface area contributed by atoms with Crippen molar-refractivity contribution in [2.75, 3.05) is 6.61 Å². The van der Waals surface area contributed by atoms with Crippen molar-refractivity contribution >= 4 is 38.7 Å². The third kappa shape index (κ3) is 3.41. The van der Waals surface area contributed by atoms with Gasteiger partial charge in [-0.25, -0.2) is 9.97 Å². The first-order chi connectivity index (χ1) is 10.1. The minimum atomic E-state index is -0.134. The molecule has 4 nitrogen and oxygen atoms in total. The summed E-state index contributed by atoms with van der Waals surface area (Å²) in [5, 5.41) is -0.134. The van der Waals surface area contributed by atoms with Gasteiger partial charge in [-0.3, -0.25) is 0 Å². The molecule has 1 aliphatic heterocycles. The first kappa shape index (κ1) is 15.3. The molecule has 2 aromatic rings. The SMILES string of the molecule is CC(Cl)c1nc2cc(Br)cnc2n1CCC1CCCCO1. The number of halogens is 2. The number of hydrogen-bond acceptors (Lipinski definition) is 3. The lowest BCUT2D eigenvalue weighted by Gasteiger charge is -2.23. The van der Waals surface area contributed by atoms with Gasteiger partial charge in [0.2, 0.25) is 0 Å². The second kappa shape index (κ2) is 6.63. The van der Waals surface area contributed by atoms with E-state index in [2.05, 4.69) is 30.5 Å².